The largest absolute Gasteiger partial charge is 2.00 e. The van der Waals surface area contributed by atoms with Gasteiger partial charge in [-0.05, 0) is 6.42 Å². The van der Waals surface area contributed by atoms with E-state index in [1.54, 1.807) is 6.61 Å². The Hall–Kier alpha value is 1.20. The van der Waals surface area contributed by atoms with E-state index in [1.165, 1.54) is 27.1 Å². The van der Waals surface area contributed by atoms with E-state index in [9.17, 15) is 0 Å². The van der Waals surface area contributed by atoms with Crippen molar-refractivity contribution in [3.05, 3.63) is 45.3 Å². The molecule has 1 unspecified atom stereocenters. The van der Waals surface area contributed by atoms with Crippen molar-refractivity contribution >= 4 is 6.47 Å². The second kappa shape index (κ2) is 65.6. The molecule has 0 aromatic heterocycles. The van der Waals surface area contributed by atoms with Crippen molar-refractivity contribution < 1.29 is 103 Å². The number of unbranched alkanes of at least 4 members (excludes halogenated alkanes) is 1. The van der Waals surface area contributed by atoms with Crippen molar-refractivity contribution in [3.8, 4) is 0 Å². The minimum Gasteiger partial charge on any atom is -0.655 e. The normalized spacial score (nSPS) is 10.5. The number of carbonyl (C=O) groups excluding carboxylic acids is 1. The molecule has 1 fully saturated rings. The van der Waals surface area contributed by atoms with Crippen LogP contribution in [0.2, 0.25) is 0 Å². The van der Waals surface area contributed by atoms with Gasteiger partial charge in [0.2, 0.25) is 0 Å². The SMILES string of the molecule is C=CCCC.CC1[CH-]O1.CO[C-]=O.[CH-]=C.[CH-]=COC.[W+2].[W].[W].[W]. The molecule has 0 aliphatic carbocycles. The number of hydrogen-bond acceptors (Lipinski definition) is 4. The van der Waals surface area contributed by atoms with Crippen molar-refractivity contribution in [2.24, 2.45) is 0 Å². The molecule has 23 heavy (non-hydrogen) atoms. The molecule has 0 radical (unpaired) electrons. The molecule has 0 saturated carbocycles. The number of allylic oxidation sites excluding steroid dienone is 1. The Balaban J connectivity index is -0.0000000199. The Labute approximate surface area is 200 Å². The van der Waals surface area contributed by atoms with E-state index in [0.717, 1.165) is 12.7 Å². The first-order valence-electron chi connectivity index (χ1n) is 5.61. The minimum atomic E-state index is 0. The molecule has 136 valence electrons. The van der Waals surface area contributed by atoms with Gasteiger partial charge in [0.1, 0.15) is 0 Å². The molecular weight excluding hydrogens is 980 g/mol. The van der Waals surface area contributed by atoms with Gasteiger partial charge in [0, 0.05) is 70.3 Å². The van der Waals surface area contributed by atoms with Gasteiger partial charge in [0.05, 0.1) is 7.11 Å². The summed E-state index contributed by atoms with van der Waals surface area (Å²) in [7, 11) is 2.76. The van der Waals surface area contributed by atoms with Crippen molar-refractivity contribution in [1.29, 1.82) is 0 Å². The minimum absolute atomic E-state index is 0. The maximum Gasteiger partial charge on any atom is 2.00 e. The molecule has 0 spiro atoms. The van der Waals surface area contributed by atoms with E-state index in [1.807, 2.05) is 13.0 Å². The Morgan fingerprint density at radius 2 is 1.57 bits per heavy atom. The molecule has 0 amide bonds. The molecule has 8 heteroatoms. The number of ether oxygens (including phenoxy) is 3. The molecule has 1 aliphatic rings. The number of methoxy groups -OCH3 is 2. The van der Waals surface area contributed by atoms with Crippen LogP contribution in [0.1, 0.15) is 26.7 Å². The first kappa shape index (κ1) is 49.6. The first-order valence-corrected chi connectivity index (χ1v) is 5.61. The number of epoxide rings is 1. The maximum atomic E-state index is 8.83. The third kappa shape index (κ3) is 155. The molecule has 1 saturated heterocycles. The fraction of sp³-hybridized carbons (Fsp3) is 0.467. The third-order valence-corrected chi connectivity index (χ3v) is 1.12. The maximum absolute atomic E-state index is 8.83. The summed E-state index contributed by atoms with van der Waals surface area (Å²) in [5.41, 5.74) is 0. The predicted molar refractivity (Wildman–Crippen MR) is 78.5 cm³/mol. The van der Waals surface area contributed by atoms with Gasteiger partial charge in [-0.15, -0.1) is 12.8 Å². The summed E-state index contributed by atoms with van der Waals surface area (Å²) < 4.78 is 12.5. The number of rotatable bonds is 4. The molecule has 0 aromatic rings. The van der Waals surface area contributed by atoms with Crippen LogP contribution < -0.4 is 0 Å². The fourth-order valence-corrected chi connectivity index (χ4v) is 0.283. The van der Waals surface area contributed by atoms with E-state index in [4.69, 9.17) is 4.79 Å². The van der Waals surface area contributed by atoms with Crippen LogP contribution in [0.15, 0.2) is 25.5 Å². The van der Waals surface area contributed by atoms with Crippen molar-refractivity contribution in [2.75, 3.05) is 14.2 Å². The summed E-state index contributed by atoms with van der Waals surface area (Å²) in [4.78, 5) is 8.83. The smallest absolute Gasteiger partial charge is 0.655 e. The van der Waals surface area contributed by atoms with Crippen LogP contribution in [-0.2, 0) is 103 Å². The molecule has 0 aromatic carbocycles. The molecule has 1 rings (SSSR count). The second-order valence-electron chi connectivity index (χ2n) is 2.71. The van der Waals surface area contributed by atoms with Gasteiger partial charge in [0.25, 0.3) is 0 Å². The zero-order valence-corrected chi connectivity index (χ0v) is 25.8. The second-order valence-corrected chi connectivity index (χ2v) is 2.71. The van der Waals surface area contributed by atoms with Crippen LogP contribution in [0.3, 0.4) is 0 Å². The Kier molecular flexibility index (Phi) is 142. The van der Waals surface area contributed by atoms with Crippen LogP contribution in [0.4, 0.5) is 0 Å². The van der Waals surface area contributed by atoms with E-state index < -0.39 is 0 Å². The van der Waals surface area contributed by atoms with Crippen LogP contribution in [0, 0.1) is 19.8 Å². The van der Waals surface area contributed by atoms with Gasteiger partial charge in [0.15, 0.2) is 0 Å². The number of hydrogen-bond donors (Lipinski definition) is 0. The molecule has 1 atom stereocenters. The van der Waals surface area contributed by atoms with E-state index in [0.29, 0.717) is 6.10 Å². The van der Waals surface area contributed by atoms with E-state index in [-0.39, 0.29) is 84.3 Å². The molecule has 0 bridgehead atoms. The van der Waals surface area contributed by atoms with Gasteiger partial charge in [-0.1, -0.05) is 38.9 Å². The quantitative estimate of drug-likeness (QED) is 0.188. The summed E-state index contributed by atoms with van der Waals surface area (Å²) in [6.07, 6.45) is 5.89. The predicted octanol–water partition coefficient (Wildman–Crippen LogP) is 3.41. The Morgan fingerprint density at radius 3 is 1.57 bits per heavy atom. The van der Waals surface area contributed by atoms with E-state index in [2.05, 4.69) is 47.5 Å². The van der Waals surface area contributed by atoms with Gasteiger partial charge in [-0.3, -0.25) is 6.58 Å². The van der Waals surface area contributed by atoms with Crippen molar-refractivity contribution in [2.45, 2.75) is 32.8 Å². The molecule has 1 heterocycles. The molecule has 4 nitrogen and oxygen atoms in total. The van der Waals surface area contributed by atoms with Crippen molar-refractivity contribution in [3.63, 3.8) is 0 Å². The van der Waals surface area contributed by atoms with Crippen LogP contribution >= 0.6 is 0 Å². The van der Waals surface area contributed by atoms with Gasteiger partial charge < -0.3 is 32.2 Å². The monoisotopic (exact) mass is 1010 g/mol. The molecular formula is C15H26O4W4-2. The van der Waals surface area contributed by atoms with Crippen molar-refractivity contribution in [1.82, 2.24) is 0 Å². The molecule has 0 N–H and O–H groups in total. The summed E-state index contributed by atoms with van der Waals surface area (Å²) in [5, 5.41) is 0. The third-order valence-electron chi connectivity index (χ3n) is 1.12. The van der Waals surface area contributed by atoms with Gasteiger partial charge in [-0.2, -0.15) is 6.61 Å². The zero-order chi connectivity index (χ0) is 15.9. The first-order chi connectivity index (χ1) is 9.14. The fourth-order valence-electron chi connectivity index (χ4n) is 0.283. The Morgan fingerprint density at radius 1 is 1.30 bits per heavy atom. The zero-order valence-electron chi connectivity index (χ0n) is 14.1. The Bertz CT molecular complexity index is 173. The summed E-state index contributed by atoms with van der Waals surface area (Å²) in [5.74, 6) is 0. The average molecular weight is 1010 g/mol. The molecule has 1 aliphatic heterocycles. The topological polar surface area (TPSA) is 48.1 Å². The standard InChI is InChI=1S/C5H10.2C3H5O.C2H3O2.C2H3.4W/c1-3-5-4-2;1-3-2-4-3;1-3-4-2;1-4-2-3;1-2;;;;/h3H,1,4-5H2,2H3;2-3H,1H3;1,3H,2H3;1H3;1H,2H2;;;;/q;4*-1;;;;+2. The van der Waals surface area contributed by atoms with Crippen LogP contribution in [-0.4, -0.2) is 26.8 Å². The summed E-state index contributed by atoms with van der Waals surface area (Å²) >= 11 is 0. The summed E-state index contributed by atoms with van der Waals surface area (Å²) in [6.45, 7) is 22.3. The van der Waals surface area contributed by atoms with Crippen LogP contribution in [0.25, 0.3) is 0 Å². The van der Waals surface area contributed by atoms with Gasteiger partial charge >= 0.3 is 21.1 Å². The summed E-state index contributed by atoms with van der Waals surface area (Å²) in [6, 6.07) is 0. The van der Waals surface area contributed by atoms with E-state index >= 15 is 0 Å². The average Bonchev–Trinajstić information content (AvgIpc) is 3.25. The van der Waals surface area contributed by atoms with Gasteiger partial charge in [-0.25, -0.2) is 0 Å². The van der Waals surface area contributed by atoms with Crippen LogP contribution in [0.5, 0.6) is 0 Å².